The minimum absolute atomic E-state index is 0.0438. The fraction of sp³-hybridized carbons (Fsp3) is 0.591. The Morgan fingerprint density at radius 1 is 1.07 bits per heavy atom. The molecule has 0 unspecified atom stereocenters. The van der Waals surface area contributed by atoms with Gasteiger partial charge in [0.25, 0.3) is 5.91 Å². The minimum Gasteiger partial charge on any atom is -0.325 e. The van der Waals surface area contributed by atoms with E-state index in [1.165, 1.54) is 38.5 Å². The average molecular weight is 414 g/mol. The minimum atomic E-state index is -0.366. The van der Waals surface area contributed by atoms with Gasteiger partial charge in [-0.2, -0.15) is 0 Å². The Morgan fingerprint density at radius 3 is 2.45 bits per heavy atom. The van der Waals surface area contributed by atoms with Crippen LogP contribution in [0.25, 0.3) is 0 Å². The zero-order chi connectivity index (χ0) is 20.0. The van der Waals surface area contributed by atoms with Crippen LogP contribution < -0.4 is 16.2 Å². The monoisotopic (exact) mass is 413 g/mol. The average Bonchev–Trinajstić information content (AvgIpc) is 2.84. The van der Waals surface area contributed by atoms with Gasteiger partial charge in [-0.25, -0.2) is 0 Å². The van der Waals surface area contributed by atoms with E-state index in [-0.39, 0.29) is 23.1 Å². The number of hydrogen-bond acceptors (Lipinski definition) is 4. The van der Waals surface area contributed by atoms with Crippen LogP contribution in [-0.4, -0.2) is 23.5 Å². The van der Waals surface area contributed by atoms with E-state index < -0.39 is 0 Å². The standard InChI is InChI=1S/C22H27N3O3S/c26-19-3-4-29-18-2-1-16(8-17(18)23-19)21(28)25-24-20(27)12-22-9-13-5-14(10-22)7-15(6-13)11-22/h1-2,8,13-15H,3-7,9-12H2,(H,23,26)(H,24,27)(H,25,28). The maximum absolute atomic E-state index is 12.6. The Kier molecular flexibility index (Phi) is 4.81. The molecule has 4 saturated carbocycles. The van der Waals surface area contributed by atoms with E-state index in [4.69, 9.17) is 0 Å². The Balaban J connectivity index is 1.19. The molecule has 4 fully saturated rings. The lowest BCUT2D eigenvalue weighted by atomic mass is 9.49. The third-order valence-corrected chi connectivity index (χ3v) is 8.19. The first kappa shape index (κ1) is 19.0. The van der Waals surface area contributed by atoms with Gasteiger partial charge in [0.1, 0.15) is 0 Å². The van der Waals surface area contributed by atoms with Gasteiger partial charge < -0.3 is 5.32 Å². The largest absolute Gasteiger partial charge is 0.325 e. The lowest BCUT2D eigenvalue weighted by Crippen LogP contribution is -2.50. The normalized spacial score (nSPS) is 32.1. The highest BCUT2D eigenvalue weighted by Gasteiger charge is 2.51. The van der Waals surface area contributed by atoms with Crippen LogP contribution in [0.3, 0.4) is 0 Å². The van der Waals surface area contributed by atoms with Crippen LogP contribution in [0.1, 0.15) is 61.7 Å². The first-order valence-corrected chi connectivity index (χ1v) is 11.6. The van der Waals surface area contributed by atoms with E-state index in [0.29, 0.717) is 24.1 Å². The molecule has 0 saturated heterocycles. The first-order valence-electron chi connectivity index (χ1n) is 10.6. The van der Waals surface area contributed by atoms with Gasteiger partial charge in [0.05, 0.1) is 5.69 Å². The van der Waals surface area contributed by atoms with Crippen LogP contribution in [0.4, 0.5) is 5.69 Å². The number of rotatable bonds is 3. The van der Waals surface area contributed by atoms with Gasteiger partial charge in [-0.05, 0) is 79.9 Å². The molecule has 4 aliphatic carbocycles. The number of carbonyl (C=O) groups is 3. The maximum atomic E-state index is 12.6. The van der Waals surface area contributed by atoms with Gasteiger partial charge in [0.15, 0.2) is 0 Å². The van der Waals surface area contributed by atoms with E-state index in [1.54, 1.807) is 23.9 Å². The molecule has 7 heteroatoms. The molecule has 6 nitrogen and oxygen atoms in total. The Morgan fingerprint density at radius 2 is 1.76 bits per heavy atom. The van der Waals surface area contributed by atoms with Crippen LogP contribution in [0.15, 0.2) is 23.1 Å². The van der Waals surface area contributed by atoms with Crippen molar-refractivity contribution in [2.45, 2.75) is 56.3 Å². The number of carbonyl (C=O) groups excluding carboxylic acids is 3. The number of anilines is 1. The molecule has 3 amide bonds. The molecule has 29 heavy (non-hydrogen) atoms. The molecule has 6 rings (SSSR count). The molecule has 5 aliphatic rings. The second-order valence-electron chi connectivity index (χ2n) is 9.45. The second kappa shape index (κ2) is 7.35. The number of nitrogens with one attached hydrogen (secondary N) is 3. The summed E-state index contributed by atoms with van der Waals surface area (Å²) in [6.07, 6.45) is 8.53. The molecule has 1 aromatic rings. The van der Waals surface area contributed by atoms with Crippen molar-refractivity contribution in [2.75, 3.05) is 11.1 Å². The van der Waals surface area contributed by atoms with E-state index >= 15 is 0 Å². The number of hydrazine groups is 1. The molecule has 1 heterocycles. The zero-order valence-electron chi connectivity index (χ0n) is 16.5. The zero-order valence-corrected chi connectivity index (χ0v) is 17.3. The van der Waals surface area contributed by atoms with Crippen LogP contribution in [0.5, 0.6) is 0 Å². The van der Waals surface area contributed by atoms with Gasteiger partial charge in [0.2, 0.25) is 11.8 Å². The van der Waals surface area contributed by atoms with Crippen molar-refractivity contribution in [1.82, 2.24) is 10.9 Å². The summed E-state index contributed by atoms with van der Waals surface area (Å²) in [6.45, 7) is 0. The first-order chi connectivity index (χ1) is 14.0. The van der Waals surface area contributed by atoms with E-state index in [2.05, 4.69) is 16.2 Å². The molecule has 0 radical (unpaired) electrons. The number of hydrogen-bond donors (Lipinski definition) is 3. The van der Waals surface area contributed by atoms with Crippen molar-refractivity contribution in [2.24, 2.45) is 23.2 Å². The molecule has 0 spiro atoms. The summed E-state index contributed by atoms with van der Waals surface area (Å²) in [5.74, 6) is 2.63. The summed E-state index contributed by atoms with van der Waals surface area (Å²) in [5, 5.41) is 2.84. The van der Waals surface area contributed by atoms with Crippen molar-refractivity contribution in [3.8, 4) is 0 Å². The third-order valence-electron chi connectivity index (χ3n) is 7.12. The summed E-state index contributed by atoms with van der Waals surface area (Å²) in [5.41, 5.74) is 6.41. The number of fused-ring (bicyclic) bond motifs is 1. The number of amides is 3. The van der Waals surface area contributed by atoms with Crippen molar-refractivity contribution in [1.29, 1.82) is 0 Å². The SMILES string of the molecule is O=C(CC12CC3CC(CC(C3)C1)C2)NNC(=O)c1ccc2c(c1)NC(=O)CCS2. The molecular weight excluding hydrogens is 386 g/mol. The van der Waals surface area contributed by atoms with Crippen LogP contribution >= 0.6 is 11.8 Å². The molecule has 154 valence electrons. The van der Waals surface area contributed by atoms with Crippen molar-refractivity contribution >= 4 is 35.2 Å². The fourth-order valence-electron chi connectivity index (χ4n) is 6.45. The predicted molar refractivity (Wildman–Crippen MR) is 111 cm³/mol. The molecule has 1 aliphatic heterocycles. The highest BCUT2D eigenvalue weighted by Crippen LogP contribution is 2.61. The fourth-order valence-corrected chi connectivity index (χ4v) is 7.39. The summed E-state index contributed by atoms with van der Waals surface area (Å²) in [4.78, 5) is 37.8. The van der Waals surface area contributed by atoms with E-state index in [9.17, 15) is 14.4 Å². The maximum Gasteiger partial charge on any atom is 0.269 e. The van der Waals surface area contributed by atoms with Crippen LogP contribution in [-0.2, 0) is 9.59 Å². The third kappa shape index (κ3) is 3.89. The van der Waals surface area contributed by atoms with Crippen LogP contribution in [0, 0.1) is 23.2 Å². The summed E-state index contributed by atoms with van der Waals surface area (Å²) < 4.78 is 0. The smallest absolute Gasteiger partial charge is 0.269 e. The molecule has 0 aromatic heterocycles. The van der Waals surface area contributed by atoms with Crippen molar-refractivity contribution in [3.05, 3.63) is 23.8 Å². The lowest BCUT2D eigenvalue weighted by molar-refractivity contribution is -0.130. The number of thioether (sulfide) groups is 1. The second-order valence-corrected chi connectivity index (χ2v) is 10.6. The van der Waals surface area contributed by atoms with Gasteiger partial charge in [-0.1, -0.05) is 0 Å². The van der Waals surface area contributed by atoms with Gasteiger partial charge in [-0.15, -0.1) is 11.8 Å². The quantitative estimate of drug-likeness (QED) is 0.662. The highest BCUT2D eigenvalue weighted by atomic mass is 32.2. The topological polar surface area (TPSA) is 87.3 Å². The summed E-state index contributed by atoms with van der Waals surface area (Å²) in [6, 6.07) is 5.24. The van der Waals surface area contributed by atoms with Gasteiger partial charge >= 0.3 is 0 Å². The van der Waals surface area contributed by atoms with Crippen molar-refractivity contribution in [3.63, 3.8) is 0 Å². The molecule has 4 bridgehead atoms. The summed E-state index contributed by atoms with van der Waals surface area (Å²) >= 11 is 1.60. The lowest BCUT2D eigenvalue weighted by Gasteiger charge is -2.56. The van der Waals surface area contributed by atoms with Gasteiger partial charge in [0, 0.05) is 29.1 Å². The Hall–Kier alpha value is -2.02. The Bertz CT molecular complexity index is 834. The summed E-state index contributed by atoms with van der Waals surface area (Å²) in [7, 11) is 0. The Labute approximate surface area is 174 Å². The van der Waals surface area contributed by atoms with Crippen molar-refractivity contribution < 1.29 is 14.4 Å². The highest BCUT2D eigenvalue weighted by molar-refractivity contribution is 7.99. The van der Waals surface area contributed by atoms with Crippen LogP contribution in [0.2, 0.25) is 0 Å². The van der Waals surface area contributed by atoms with Gasteiger partial charge in [-0.3, -0.25) is 25.2 Å². The molecule has 0 atom stereocenters. The van der Waals surface area contributed by atoms with E-state index in [1.807, 2.05) is 6.07 Å². The van der Waals surface area contributed by atoms with E-state index in [0.717, 1.165) is 28.4 Å². The molecular formula is C22H27N3O3S. The predicted octanol–water partition coefficient (Wildman–Crippen LogP) is 3.49. The molecule has 3 N–H and O–H groups in total. The molecule has 1 aromatic carbocycles. The number of benzene rings is 1.